The SMILES string of the molecule is CCOC(=O)c1cccc(Nc2ncnc(Nc3cccc(C)c3C)c2N)c1. The van der Waals surface area contributed by atoms with Crippen LogP contribution in [0, 0.1) is 13.8 Å². The third kappa shape index (κ3) is 4.20. The fraction of sp³-hybridized carbons (Fsp3) is 0.190. The van der Waals surface area contributed by atoms with Crippen molar-refractivity contribution in [3.8, 4) is 0 Å². The van der Waals surface area contributed by atoms with Crippen LogP contribution in [-0.2, 0) is 4.74 Å². The van der Waals surface area contributed by atoms with Crippen LogP contribution in [0.2, 0.25) is 0 Å². The average Bonchev–Trinajstić information content (AvgIpc) is 2.69. The third-order valence-corrected chi connectivity index (χ3v) is 4.38. The van der Waals surface area contributed by atoms with Gasteiger partial charge in [-0.3, -0.25) is 0 Å². The molecule has 7 nitrogen and oxygen atoms in total. The van der Waals surface area contributed by atoms with Crippen molar-refractivity contribution in [2.24, 2.45) is 0 Å². The van der Waals surface area contributed by atoms with Gasteiger partial charge >= 0.3 is 5.97 Å². The number of nitrogens with two attached hydrogens (primary N) is 1. The van der Waals surface area contributed by atoms with Crippen LogP contribution in [0.5, 0.6) is 0 Å². The zero-order valence-corrected chi connectivity index (χ0v) is 16.1. The number of hydrogen-bond acceptors (Lipinski definition) is 7. The fourth-order valence-electron chi connectivity index (χ4n) is 2.68. The van der Waals surface area contributed by atoms with Gasteiger partial charge in [0.2, 0.25) is 0 Å². The summed E-state index contributed by atoms with van der Waals surface area (Å²) in [5.41, 5.74) is 11.0. The molecule has 0 unspecified atom stereocenters. The molecule has 0 spiro atoms. The number of nitrogen functional groups attached to an aromatic ring is 1. The lowest BCUT2D eigenvalue weighted by Crippen LogP contribution is -2.07. The van der Waals surface area contributed by atoms with Crippen molar-refractivity contribution in [2.75, 3.05) is 23.0 Å². The molecule has 0 radical (unpaired) electrons. The Hall–Kier alpha value is -3.61. The van der Waals surface area contributed by atoms with Crippen LogP contribution >= 0.6 is 0 Å². The lowest BCUT2D eigenvalue weighted by atomic mass is 10.1. The second-order valence-electron chi connectivity index (χ2n) is 6.28. The number of benzene rings is 2. The molecule has 0 bridgehead atoms. The highest BCUT2D eigenvalue weighted by molar-refractivity contribution is 5.91. The van der Waals surface area contributed by atoms with Gasteiger partial charge in [0.1, 0.15) is 12.0 Å². The van der Waals surface area contributed by atoms with Crippen LogP contribution in [0.25, 0.3) is 0 Å². The van der Waals surface area contributed by atoms with Gasteiger partial charge in [-0.1, -0.05) is 18.2 Å². The van der Waals surface area contributed by atoms with Gasteiger partial charge in [-0.25, -0.2) is 14.8 Å². The van der Waals surface area contributed by atoms with Crippen molar-refractivity contribution in [2.45, 2.75) is 20.8 Å². The fourth-order valence-corrected chi connectivity index (χ4v) is 2.68. The van der Waals surface area contributed by atoms with Gasteiger partial charge in [0.05, 0.1) is 12.2 Å². The van der Waals surface area contributed by atoms with Gasteiger partial charge in [0.15, 0.2) is 11.6 Å². The second-order valence-corrected chi connectivity index (χ2v) is 6.28. The quantitative estimate of drug-likeness (QED) is 0.549. The van der Waals surface area contributed by atoms with Crippen LogP contribution in [-0.4, -0.2) is 22.5 Å². The highest BCUT2D eigenvalue weighted by atomic mass is 16.5. The summed E-state index contributed by atoms with van der Waals surface area (Å²) in [5.74, 6) is 0.579. The Labute approximate surface area is 164 Å². The minimum Gasteiger partial charge on any atom is -0.462 e. The van der Waals surface area contributed by atoms with E-state index in [1.807, 2.05) is 38.1 Å². The highest BCUT2D eigenvalue weighted by Gasteiger charge is 2.12. The molecule has 28 heavy (non-hydrogen) atoms. The zero-order valence-electron chi connectivity index (χ0n) is 16.1. The smallest absolute Gasteiger partial charge is 0.338 e. The average molecular weight is 377 g/mol. The predicted octanol–water partition coefficient (Wildman–Crippen LogP) is 4.34. The number of carbonyl (C=O) groups excluding carboxylic acids is 1. The third-order valence-electron chi connectivity index (χ3n) is 4.38. The van der Waals surface area contributed by atoms with Crippen LogP contribution < -0.4 is 16.4 Å². The summed E-state index contributed by atoms with van der Waals surface area (Å²) in [4.78, 5) is 20.4. The number of esters is 1. The maximum Gasteiger partial charge on any atom is 0.338 e. The topological polar surface area (TPSA) is 102 Å². The van der Waals surface area contributed by atoms with E-state index in [1.165, 1.54) is 11.9 Å². The molecule has 0 aliphatic rings. The minimum atomic E-state index is -0.376. The molecule has 7 heteroatoms. The Bertz CT molecular complexity index is 1000. The number of aromatic nitrogens is 2. The summed E-state index contributed by atoms with van der Waals surface area (Å²) >= 11 is 0. The molecule has 0 amide bonds. The molecule has 3 rings (SSSR count). The molecule has 3 aromatic rings. The first-order valence-corrected chi connectivity index (χ1v) is 8.97. The molecule has 0 atom stereocenters. The van der Waals surface area contributed by atoms with E-state index in [4.69, 9.17) is 10.5 Å². The number of ether oxygens (including phenoxy) is 1. The molecule has 1 aromatic heterocycles. The van der Waals surface area contributed by atoms with Gasteiger partial charge in [-0.15, -0.1) is 0 Å². The van der Waals surface area contributed by atoms with E-state index in [0.717, 1.165) is 11.3 Å². The van der Waals surface area contributed by atoms with Gasteiger partial charge in [-0.05, 0) is 56.2 Å². The maximum atomic E-state index is 11.9. The summed E-state index contributed by atoms with van der Waals surface area (Å²) in [6, 6.07) is 13.0. The van der Waals surface area contributed by atoms with E-state index < -0.39 is 0 Å². The minimum absolute atomic E-state index is 0.322. The van der Waals surface area contributed by atoms with E-state index in [0.29, 0.717) is 35.2 Å². The van der Waals surface area contributed by atoms with E-state index >= 15 is 0 Å². The lowest BCUT2D eigenvalue weighted by Gasteiger charge is -2.15. The van der Waals surface area contributed by atoms with Crippen molar-refractivity contribution < 1.29 is 9.53 Å². The van der Waals surface area contributed by atoms with E-state index in [2.05, 4.69) is 20.6 Å². The molecule has 0 saturated heterocycles. The first-order valence-electron chi connectivity index (χ1n) is 8.97. The summed E-state index contributed by atoms with van der Waals surface area (Å²) in [6.45, 7) is 6.18. The zero-order chi connectivity index (χ0) is 20.1. The Balaban J connectivity index is 1.85. The monoisotopic (exact) mass is 377 g/mol. The van der Waals surface area contributed by atoms with Crippen molar-refractivity contribution in [1.82, 2.24) is 9.97 Å². The molecule has 2 aromatic carbocycles. The van der Waals surface area contributed by atoms with Crippen LogP contribution in [0.1, 0.15) is 28.4 Å². The number of nitrogens with zero attached hydrogens (tertiary/aromatic N) is 2. The number of anilines is 5. The Morgan fingerprint density at radius 3 is 2.54 bits per heavy atom. The van der Waals surface area contributed by atoms with Crippen molar-refractivity contribution >= 4 is 34.7 Å². The molecule has 0 fully saturated rings. The lowest BCUT2D eigenvalue weighted by molar-refractivity contribution is 0.0526. The number of aryl methyl sites for hydroxylation is 1. The molecule has 0 aliphatic carbocycles. The molecular formula is C21H23N5O2. The number of nitrogens with one attached hydrogen (secondary N) is 2. The molecule has 144 valence electrons. The van der Waals surface area contributed by atoms with Crippen LogP contribution in [0.3, 0.4) is 0 Å². The Morgan fingerprint density at radius 1 is 1.07 bits per heavy atom. The van der Waals surface area contributed by atoms with Crippen LogP contribution in [0.15, 0.2) is 48.8 Å². The number of rotatable bonds is 6. The summed E-state index contributed by atoms with van der Waals surface area (Å²) in [7, 11) is 0. The largest absolute Gasteiger partial charge is 0.462 e. The summed E-state index contributed by atoms with van der Waals surface area (Å²) in [5, 5.41) is 6.40. The Kier molecular flexibility index (Phi) is 5.74. The van der Waals surface area contributed by atoms with Crippen molar-refractivity contribution in [3.05, 3.63) is 65.5 Å². The van der Waals surface area contributed by atoms with Gasteiger partial charge in [0.25, 0.3) is 0 Å². The van der Waals surface area contributed by atoms with E-state index in [-0.39, 0.29) is 5.97 Å². The molecule has 1 heterocycles. The Morgan fingerprint density at radius 2 is 1.79 bits per heavy atom. The van der Waals surface area contributed by atoms with Crippen molar-refractivity contribution in [3.63, 3.8) is 0 Å². The predicted molar refractivity (Wildman–Crippen MR) is 111 cm³/mol. The highest BCUT2D eigenvalue weighted by Crippen LogP contribution is 2.30. The molecular weight excluding hydrogens is 354 g/mol. The summed E-state index contributed by atoms with van der Waals surface area (Å²) < 4.78 is 5.04. The van der Waals surface area contributed by atoms with Crippen molar-refractivity contribution in [1.29, 1.82) is 0 Å². The number of carbonyl (C=O) groups is 1. The van der Waals surface area contributed by atoms with E-state index in [9.17, 15) is 4.79 Å². The maximum absolute atomic E-state index is 11.9. The second kappa shape index (κ2) is 8.39. The molecule has 0 aliphatic heterocycles. The first kappa shape index (κ1) is 19.2. The van der Waals surface area contributed by atoms with Gasteiger partial charge in [-0.2, -0.15) is 0 Å². The molecule has 0 saturated carbocycles. The normalized spacial score (nSPS) is 10.4. The first-order chi connectivity index (χ1) is 13.5. The van der Waals surface area contributed by atoms with Gasteiger partial charge in [0, 0.05) is 11.4 Å². The van der Waals surface area contributed by atoms with E-state index in [1.54, 1.807) is 25.1 Å². The van der Waals surface area contributed by atoms with Gasteiger partial charge < -0.3 is 21.1 Å². The van der Waals surface area contributed by atoms with Crippen LogP contribution in [0.4, 0.5) is 28.7 Å². The standard InChI is InChI=1S/C21H23N5O2/c1-4-28-21(27)15-8-6-9-16(11-15)25-19-18(22)20(24-12-23-19)26-17-10-5-7-13(2)14(17)3/h5-12H,4,22H2,1-3H3,(H2,23,24,25,26). The number of hydrogen-bond donors (Lipinski definition) is 3. The summed E-state index contributed by atoms with van der Waals surface area (Å²) in [6.07, 6.45) is 1.43. The molecule has 4 N–H and O–H groups in total.